The van der Waals surface area contributed by atoms with E-state index in [-0.39, 0.29) is 17.7 Å². The van der Waals surface area contributed by atoms with Gasteiger partial charge in [-0.2, -0.15) is 0 Å². The molecule has 0 bridgehead atoms. The summed E-state index contributed by atoms with van der Waals surface area (Å²) in [6, 6.07) is 0.628. The Morgan fingerprint density at radius 1 is 1.12 bits per heavy atom. The highest BCUT2D eigenvalue weighted by Gasteiger charge is 2.37. The topological polar surface area (TPSA) is 75.4 Å². The van der Waals surface area contributed by atoms with Crippen molar-refractivity contribution in [1.29, 1.82) is 0 Å². The zero-order chi connectivity index (χ0) is 16.5. The zero-order valence-corrected chi connectivity index (χ0v) is 14.0. The number of rotatable bonds is 6. The van der Waals surface area contributed by atoms with Crippen LogP contribution in [0.25, 0.3) is 0 Å². The van der Waals surface area contributed by atoms with E-state index in [1.165, 1.54) is 12.7 Å². The molecular formula is C18H25N3O3. The maximum absolute atomic E-state index is 12.9. The third kappa shape index (κ3) is 3.62. The first-order valence-electron chi connectivity index (χ1n) is 9.26. The largest absolute Gasteiger partial charge is 0.446 e. The van der Waals surface area contributed by atoms with E-state index in [1.54, 1.807) is 0 Å². The number of carbonyl (C=O) groups excluding carboxylic acids is 2. The molecule has 6 nitrogen and oxygen atoms in total. The van der Waals surface area contributed by atoms with E-state index in [9.17, 15) is 9.59 Å². The molecule has 3 saturated carbocycles. The normalized spacial score (nSPS) is 21.5. The molecule has 2 amide bonds. The van der Waals surface area contributed by atoms with Crippen molar-refractivity contribution in [2.24, 2.45) is 5.92 Å². The molecule has 1 aromatic rings. The fourth-order valence-electron chi connectivity index (χ4n) is 3.48. The lowest BCUT2D eigenvalue weighted by Gasteiger charge is -2.28. The summed E-state index contributed by atoms with van der Waals surface area (Å²) in [6.45, 7) is 0.386. The molecule has 1 heterocycles. The number of nitrogens with zero attached hydrogens (tertiary/aromatic N) is 2. The van der Waals surface area contributed by atoms with Crippen molar-refractivity contribution in [3.8, 4) is 0 Å². The molecule has 0 aromatic carbocycles. The molecule has 6 heteroatoms. The third-order valence-electron chi connectivity index (χ3n) is 5.23. The summed E-state index contributed by atoms with van der Waals surface area (Å²) >= 11 is 0. The van der Waals surface area contributed by atoms with E-state index in [4.69, 9.17) is 4.42 Å². The summed E-state index contributed by atoms with van der Waals surface area (Å²) in [6.07, 6.45) is 11.2. The molecule has 4 rings (SSSR count). The highest BCUT2D eigenvalue weighted by Crippen LogP contribution is 2.33. The predicted molar refractivity (Wildman–Crippen MR) is 87.1 cm³/mol. The van der Waals surface area contributed by atoms with Crippen LogP contribution in [0.3, 0.4) is 0 Å². The van der Waals surface area contributed by atoms with Crippen LogP contribution in [0.1, 0.15) is 74.2 Å². The summed E-state index contributed by atoms with van der Waals surface area (Å²) in [4.78, 5) is 31.1. The van der Waals surface area contributed by atoms with Gasteiger partial charge in [0.05, 0.1) is 6.54 Å². The predicted octanol–water partition coefficient (Wildman–Crippen LogP) is 2.64. The van der Waals surface area contributed by atoms with Crippen LogP contribution in [-0.2, 0) is 11.3 Å². The van der Waals surface area contributed by atoms with Gasteiger partial charge in [-0.3, -0.25) is 9.59 Å². The van der Waals surface area contributed by atoms with Gasteiger partial charge in [0.2, 0.25) is 11.8 Å². The van der Waals surface area contributed by atoms with Gasteiger partial charge >= 0.3 is 0 Å². The Morgan fingerprint density at radius 3 is 2.54 bits per heavy atom. The first-order chi connectivity index (χ1) is 11.7. The van der Waals surface area contributed by atoms with Crippen LogP contribution in [0, 0.1) is 5.92 Å². The molecular weight excluding hydrogens is 306 g/mol. The Balaban J connectivity index is 1.40. The molecule has 0 spiro atoms. The minimum atomic E-state index is -0.177. The Kier molecular flexibility index (Phi) is 4.29. The standard InChI is InChI=1S/C18H25N3O3/c22-17(19-13-6-7-13)15-11-24-16(20-15)10-21(14-8-9-14)18(23)12-4-2-1-3-5-12/h11-14H,1-10H2,(H,19,22). The van der Waals surface area contributed by atoms with Gasteiger partial charge in [0.1, 0.15) is 6.26 Å². The number of nitrogens with one attached hydrogen (secondary N) is 1. The first-order valence-corrected chi connectivity index (χ1v) is 9.26. The van der Waals surface area contributed by atoms with Crippen molar-refractivity contribution in [2.45, 2.75) is 76.4 Å². The molecule has 0 unspecified atom stereocenters. The fraction of sp³-hybridized carbons (Fsp3) is 0.722. The monoisotopic (exact) mass is 331 g/mol. The molecule has 24 heavy (non-hydrogen) atoms. The second-order valence-corrected chi connectivity index (χ2v) is 7.41. The highest BCUT2D eigenvalue weighted by molar-refractivity contribution is 5.92. The minimum absolute atomic E-state index is 0.159. The molecule has 0 aliphatic heterocycles. The number of hydrogen-bond acceptors (Lipinski definition) is 4. The van der Waals surface area contributed by atoms with Gasteiger partial charge in [-0.15, -0.1) is 0 Å². The van der Waals surface area contributed by atoms with Crippen LogP contribution in [-0.4, -0.2) is 33.8 Å². The van der Waals surface area contributed by atoms with Gasteiger partial charge in [0, 0.05) is 18.0 Å². The first kappa shape index (κ1) is 15.7. The molecule has 1 N–H and O–H groups in total. The second-order valence-electron chi connectivity index (χ2n) is 7.41. The van der Waals surface area contributed by atoms with Gasteiger partial charge in [-0.05, 0) is 38.5 Å². The molecule has 0 atom stereocenters. The summed E-state index contributed by atoms with van der Waals surface area (Å²) in [5.41, 5.74) is 0.317. The quantitative estimate of drug-likeness (QED) is 0.869. The van der Waals surface area contributed by atoms with Crippen molar-refractivity contribution in [3.05, 3.63) is 17.8 Å². The molecule has 3 aliphatic rings. The van der Waals surface area contributed by atoms with Crippen molar-refractivity contribution < 1.29 is 14.0 Å². The van der Waals surface area contributed by atoms with Crippen LogP contribution in [0.5, 0.6) is 0 Å². The van der Waals surface area contributed by atoms with Crippen molar-refractivity contribution in [3.63, 3.8) is 0 Å². The number of amides is 2. The van der Waals surface area contributed by atoms with Gasteiger partial charge in [0.25, 0.3) is 5.91 Å². The Hall–Kier alpha value is -1.85. The van der Waals surface area contributed by atoms with E-state index in [2.05, 4.69) is 10.3 Å². The third-order valence-corrected chi connectivity index (χ3v) is 5.23. The van der Waals surface area contributed by atoms with Crippen LogP contribution in [0.15, 0.2) is 10.7 Å². The summed E-state index contributed by atoms with van der Waals surface area (Å²) in [7, 11) is 0. The van der Waals surface area contributed by atoms with Crippen LogP contribution < -0.4 is 5.32 Å². The van der Waals surface area contributed by atoms with Crippen molar-refractivity contribution in [1.82, 2.24) is 15.2 Å². The fourth-order valence-corrected chi connectivity index (χ4v) is 3.48. The molecule has 0 radical (unpaired) electrons. The SMILES string of the molecule is O=C(NC1CC1)c1coc(CN(C(=O)C2CCCCC2)C2CC2)n1. The lowest BCUT2D eigenvalue weighted by atomic mass is 9.88. The van der Waals surface area contributed by atoms with Crippen LogP contribution in [0.4, 0.5) is 0 Å². The maximum Gasteiger partial charge on any atom is 0.273 e. The summed E-state index contributed by atoms with van der Waals surface area (Å²) < 4.78 is 5.47. The highest BCUT2D eigenvalue weighted by atomic mass is 16.3. The minimum Gasteiger partial charge on any atom is -0.446 e. The van der Waals surface area contributed by atoms with Crippen LogP contribution in [0.2, 0.25) is 0 Å². The lowest BCUT2D eigenvalue weighted by molar-refractivity contribution is -0.138. The molecule has 0 saturated heterocycles. The van der Waals surface area contributed by atoms with Gasteiger partial charge in [0.15, 0.2) is 5.69 Å². The zero-order valence-electron chi connectivity index (χ0n) is 14.0. The Labute approximate surface area is 142 Å². The molecule has 3 fully saturated rings. The van der Waals surface area contributed by atoms with Gasteiger partial charge in [-0.25, -0.2) is 4.98 Å². The second kappa shape index (κ2) is 6.57. The van der Waals surface area contributed by atoms with Crippen molar-refractivity contribution in [2.75, 3.05) is 0 Å². The van der Waals surface area contributed by atoms with E-state index < -0.39 is 0 Å². The average Bonchev–Trinajstić information content (AvgIpc) is 3.53. The van der Waals surface area contributed by atoms with Crippen molar-refractivity contribution >= 4 is 11.8 Å². The van der Waals surface area contributed by atoms with Gasteiger partial charge < -0.3 is 14.6 Å². The number of oxazole rings is 1. The maximum atomic E-state index is 12.9. The summed E-state index contributed by atoms with van der Waals surface area (Å²) in [5.74, 6) is 0.697. The number of hydrogen-bond donors (Lipinski definition) is 1. The molecule has 1 aromatic heterocycles. The average molecular weight is 331 g/mol. The number of carbonyl (C=O) groups is 2. The molecule has 3 aliphatic carbocycles. The van der Waals surface area contributed by atoms with E-state index in [0.29, 0.717) is 30.2 Å². The number of aromatic nitrogens is 1. The van der Waals surface area contributed by atoms with Crippen LogP contribution >= 0.6 is 0 Å². The van der Waals surface area contributed by atoms with E-state index >= 15 is 0 Å². The Morgan fingerprint density at radius 2 is 1.88 bits per heavy atom. The van der Waals surface area contributed by atoms with Gasteiger partial charge in [-0.1, -0.05) is 19.3 Å². The molecule has 130 valence electrons. The summed E-state index contributed by atoms with van der Waals surface area (Å²) in [5, 5.41) is 2.90. The van der Waals surface area contributed by atoms with E-state index in [0.717, 1.165) is 51.4 Å². The lowest BCUT2D eigenvalue weighted by Crippen LogP contribution is -2.38. The Bertz CT molecular complexity index is 613. The van der Waals surface area contributed by atoms with E-state index in [1.807, 2.05) is 4.90 Å². The smallest absolute Gasteiger partial charge is 0.273 e.